The molecule has 0 fully saturated rings. The fourth-order valence-electron chi connectivity index (χ4n) is 6.18. The Bertz CT molecular complexity index is 2210. The van der Waals surface area contributed by atoms with Crippen LogP contribution >= 0.6 is 0 Å². The number of benzene rings is 5. The number of aromatic nitrogens is 4. The normalized spacial score (nSPS) is 10.9. The third kappa shape index (κ3) is 9.46. The van der Waals surface area contributed by atoms with Gasteiger partial charge in [0.25, 0.3) is 0 Å². The molecule has 2 aromatic heterocycles. The summed E-state index contributed by atoms with van der Waals surface area (Å²) in [5.74, 6) is 1.26. The maximum Gasteiger partial charge on any atom is 0.343 e. The lowest BCUT2D eigenvalue weighted by molar-refractivity contribution is 0.0725. The molecular weight excluding hydrogens is 697 g/mol. The molecule has 7 rings (SSSR count). The number of aryl methyl sites for hydroxylation is 2. The highest BCUT2D eigenvalue weighted by atomic mass is 16.5. The number of hydrogen-bond acceptors (Lipinski definition) is 8. The Morgan fingerprint density at radius 3 is 1.16 bits per heavy atom. The van der Waals surface area contributed by atoms with Crippen LogP contribution in [0.3, 0.4) is 0 Å². The van der Waals surface area contributed by atoms with E-state index in [4.69, 9.17) is 9.47 Å². The molecule has 2 heterocycles. The minimum absolute atomic E-state index is 0.440. The second-order valence-corrected chi connectivity index (χ2v) is 13.6. The van der Waals surface area contributed by atoms with Gasteiger partial charge in [-0.3, -0.25) is 0 Å². The monoisotopic (exact) mass is 738 g/mol. The van der Waals surface area contributed by atoms with Crippen LogP contribution in [0.2, 0.25) is 0 Å². The van der Waals surface area contributed by atoms with Gasteiger partial charge >= 0.3 is 11.9 Å². The number of carbonyl (C=O) groups is 2. The van der Waals surface area contributed by atoms with Gasteiger partial charge in [0.15, 0.2) is 11.6 Å². The quantitative estimate of drug-likeness (QED) is 0.0802. The summed E-state index contributed by atoms with van der Waals surface area (Å²) >= 11 is 0. The third-order valence-electron chi connectivity index (χ3n) is 9.47. The van der Waals surface area contributed by atoms with Gasteiger partial charge in [0.1, 0.15) is 11.5 Å². The number of unbranched alkanes of at least 4 members (excludes halogenated alkanes) is 2. The van der Waals surface area contributed by atoms with Crippen LogP contribution in [0, 0.1) is 0 Å². The molecule has 8 nitrogen and oxygen atoms in total. The first kappa shape index (κ1) is 37.5. The Kier molecular flexibility index (Phi) is 12.1. The van der Waals surface area contributed by atoms with Gasteiger partial charge in [0, 0.05) is 35.9 Å². The van der Waals surface area contributed by atoms with E-state index in [0.717, 1.165) is 83.0 Å². The number of rotatable bonds is 14. The van der Waals surface area contributed by atoms with Crippen molar-refractivity contribution in [2.24, 2.45) is 0 Å². The lowest BCUT2D eigenvalue weighted by atomic mass is 9.99. The van der Waals surface area contributed by atoms with Crippen LogP contribution in [0.15, 0.2) is 146 Å². The number of carbonyl (C=O) groups excluding carboxylic acids is 2. The summed E-state index contributed by atoms with van der Waals surface area (Å²) in [7, 11) is 0. The molecule has 0 saturated carbocycles. The SMILES string of the molecule is CCCCc1cnc(-c2ccc(C(=O)Oc3ccc(-c4cccc(-c5ccc(OC(=O)c6ccc(-c7ncc(CCCC)cn7)cc6)cc5)c4)cc3)cc2)nc1. The lowest BCUT2D eigenvalue weighted by Crippen LogP contribution is -2.08. The molecule has 0 aliphatic carbocycles. The zero-order valence-electron chi connectivity index (χ0n) is 31.5. The Balaban J connectivity index is 0.932. The number of ether oxygens (including phenoxy) is 2. The van der Waals surface area contributed by atoms with Crippen molar-refractivity contribution in [2.75, 3.05) is 0 Å². The van der Waals surface area contributed by atoms with Crippen molar-refractivity contribution in [3.05, 3.63) is 168 Å². The zero-order valence-corrected chi connectivity index (χ0v) is 31.5. The van der Waals surface area contributed by atoms with Crippen LogP contribution in [0.4, 0.5) is 0 Å². The molecule has 0 radical (unpaired) electrons. The van der Waals surface area contributed by atoms with E-state index in [0.29, 0.717) is 34.3 Å². The minimum atomic E-state index is -0.441. The van der Waals surface area contributed by atoms with Crippen molar-refractivity contribution in [1.82, 2.24) is 19.9 Å². The van der Waals surface area contributed by atoms with Gasteiger partial charge in [-0.15, -0.1) is 0 Å². The molecule has 5 aromatic carbocycles. The number of hydrogen-bond donors (Lipinski definition) is 0. The first-order chi connectivity index (χ1) is 27.4. The molecule has 0 amide bonds. The summed E-state index contributed by atoms with van der Waals surface area (Å²) in [5, 5.41) is 0. The molecule has 0 bridgehead atoms. The summed E-state index contributed by atoms with van der Waals surface area (Å²) in [6.45, 7) is 4.33. The molecule has 0 aliphatic rings. The van der Waals surface area contributed by atoms with Crippen molar-refractivity contribution >= 4 is 11.9 Å². The van der Waals surface area contributed by atoms with Gasteiger partial charge in [-0.25, -0.2) is 29.5 Å². The highest BCUT2D eigenvalue weighted by molar-refractivity contribution is 5.92. The van der Waals surface area contributed by atoms with E-state index in [2.05, 4.69) is 39.8 Å². The number of esters is 2. The molecule has 0 N–H and O–H groups in total. The van der Waals surface area contributed by atoms with Crippen LogP contribution in [0.5, 0.6) is 11.5 Å². The molecule has 0 atom stereocenters. The fourth-order valence-corrected chi connectivity index (χ4v) is 6.18. The van der Waals surface area contributed by atoms with Crippen LogP contribution in [-0.4, -0.2) is 31.9 Å². The second-order valence-electron chi connectivity index (χ2n) is 13.6. The van der Waals surface area contributed by atoms with Gasteiger partial charge in [0.05, 0.1) is 11.1 Å². The van der Waals surface area contributed by atoms with Crippen LogP contribution < -0.4 is 9.47 Å². The minimum Gasteiger partial charge on any atom is -0.423 e. The van der Waals surface area contributed by atoms with Crippen LogP contribution in [0.1, 0.15) is 71.4 Å². The molecule has 8 heteroatoms. The first-order valence-electron chi connectivity index (χ1n) is 19.0. The Morgan fingerprint density at radius 1 is 0.446 bits per heavy atom. The maximum absolute atomic E-state index is 12.9. The Morgan fingerprint density at radius 2 is 0.804 bits per heavy atom. The molecule has 0 saturated heterocycles. The molecule has 0 unspecified atom stereocenters. The van der Waals surface area contributed by atoms with Crippen molar-refractivity contribution in [3.8, 4) is 56.5 Å². The van der Waals surface area contributed by atoms with E-state index in [-0.39, 0.29) is 0 Å². The maximum atomic E-state index is 12.9. The summed E-state index contributed by atoms with van der Waals surface area (Å²) in [6, 6.07) is 37.3. The molecule has 278 valence electrons. The summed E-state index contributed by atoms with van der Waals surface area (Å²) in [5.41, 5.74) is 8.76. The molecule has 7 aromatic rings. The van der Waals surface area contributed by atoms with E-state index in [1.165, 1.54) is 0 Å². The fraction of sp³-hybridized carbons (Fsp3) is 0.167. The summed E-state index contributed by atoms with van der Waals surface area (Å²) in [6.07, 6.45) is 13.9. The Hall–Kier alpha value is -6.80. The topological polar surface area (TPSA) is 104 Å². The largest absolute Gasteiger partial charge is 0.423 e. The van der Waals surface area contributed by atoms with Crippen LogP contribution in [-0.2, 0) is 12.8 Å². The third-order valence-corrected chi connectivity index (χ3v) is 9.47. The van der Waals surface area contributed by atoms with Crippen molar-refractivity contribution < 1.29 is 19.1 Å². The highest BCUT2D eigenvalue weighted by Crippen LogP contribution is 2.29. The average molecular weight is 739 g/mol. The lowest BCUT2D eigenvalue weighted by Gasteiger charge is -2.09. The highest BCUT2D eigenvalue weighted by Gasteiger charge is 2.13. The second kappa shape index (κ2) is 18.0. The molecule has 0 aliphatic heterocycles. The molecule has 0 spiro atoms. The average Bonchev–Trinajstić information content (AvgIpc) is 3.26. The smallest absolute Gasteiger partial charge is 0.343 e. The summed E-state index contributed by atoms with van der Waals surface area (Å²) in [4.78, 5) is 43.8. The van der Waals surface area contributed by atoms with E-state index in [1.54, 1.807) is 48.5 Å². The molecular formula is C48H42N4O4. The van der Waals surface area contributed by atoms with E-state index < -0.39 is 11.9 Å². The van der Waals surface area contributed by atoms with Gasteiger partial charge in [-0.2, -0.15) is 0 Å². The van der Waals surface area contributed by atoms with Gasteiger partial charge < -0.3 is 9.47 Å². The first-order valence-corrected chi connectivity index (χ1v) is 19.0. The Labute approximate surface area is 327 Å². The van der Waals surface area contributed by atoms with Gasteiger partial charge in [-0.1, -0.05) is 93.4 Å². The summed E-state index contributed by atoms with van der Waals surface area (Å²) < 4.78 is 11.4. The van der Waals surface area contributed by atoms with Crippen molar-refractivity contribution in [3.63, 3.8) is 0 Å². The predicted molar refractivity (Wildman–Crippen MR) is 219 cm³/mol. The van der Waals surface area contributed by atoms with E-state index >= 15 is 0 Å². The van der Waals surface area contributed by atoms with Gasteiger partial charge in [0.2, 0.25) is 0 Å². The van der Waals surface area contributed by atoms with Gasteiger partial charge in [-0.05, 0) is 114 Å². The van der Waals surface area contributed by atoms with Crippen LogP contribution in [0.25, 0.3) is 45.0 Å². The standard InChI is InChI=1S/C48H42N4O4/c1-3-5-8-33-29-49-45(50-30-33)37-12-16-39(17-13-37)47(53)55-43-24-20-35(21-25-43)41-10-7-11-42(28-41)36-22-26-44(27-23-36)56-48(54)40-18-14-38(15-19-40)46-51-31-34(32-52-46)9-6-4-2/h7,10-32H,3-6,8-9H2,1-2H3. The number of nitrogens with zero attached hydrogens (tertiary/aromatic N) is 4. The van der Waals surface area contributed by atoms with Crippen molar-refractivity contribution in [1.29, 1.82) is 0 Å². The zero-order chi connectivity index (χ0) is 38.7. The predicted octanol–water partition coefficient (Wildman–Crippen LogP) is 11.1. The van der Waals surface area contributed by atoms with E-state index in [1.807, 2.05) is 91.5 Å². The molecule has 56 heavy (non-hydrogen) atoms. The van der Waals surface area contributed by atoms with E-state index in [9.17, 15) is 9.59 Å². The van der Waals surface area contributed by atoms with Crippen molar-refractivity contribution in [2.45, 2.75) is 52.4 Å².